The van der Waals surface area contributed by atoms with E-state index in [1.807, 2.05) is 0 Å². The first-order chi connectivity index (χ1) is 12.8. The molecule has 0 amide bonds. The van der Waals surface area contributed by atoms with Crippen LogP contribution >= 0.6 is 0 Å². The number of rotatable bonds is 5. The van der Waals surface area contributed by atoms with Crippen LogP contribution in [-0.4, -0.2) is 43.8 Å². The normalized spacial score (nSPS) is 16.4. The molecule has 1 N–H and O–H groups in total. The van der Waals surface area contributed by atoms with Crippen molar-refractivity contribution in [2.24, 2.45) is 0 Å². The van der Waals surface area contributed by atoms with Gasteiger partial charge in [0.2, 0.25) is 10.0 Å². The summed E-state index contributed by atoms with van der Waals surface area (Å²) in [6.07, 6.45) is 0. The van der Waals surface area contributed by atoms with Crippen molar-refractivity contribution in [1.29, 1.82) is 0 Å². The maximum Gasteiger partial charge on any atom is 0.269 e. The molecule has 1 heterocycles. The molecule has 0 aromatic heterocycles. The number of piperazine rings is 1. The second kappa shape index (κ2) is 7.67. The van der Waals surface area contributed by atoms with Gasteiger partial charge in [0.25, 0.3) is 5.69 Å². The number of nitrogens with zero attached hydrogens (tertiary/aromatic N) is 2. The third kappa shape index (κ3) is 4.12. The van der Waals surface area contributed by atoms with E-state index in [-0.39, 0.29) is 35.8 Å². The molecule has 0 radical (unpaired) electrons. The molecule has 144 valence electrons. The average molecular weight is 398 g/mol. The summed E-state index contributed by atoms with van der Waals surface area (Å²) < 4.78 is 53.7. The molecule has 7 nitrogen and oxygen atoms in total. The summed E-state index contributed by atoms with van der Waals surface area (Å²) in [5.41, 5.74) is 0.0806. The standard InChI is InChI=1S/C17H17F2N3O4S/c18-16-3-1-2-13(17(16)19)12-20-8-10-21(11-9-20)27(25,26)15-6-4-14(5-7-15)22(23)24/h1-7H,8-12H2/p+1. The van der Waals surface area contributed by atoms with Crippen molar-refractivity contribution in [2.45, 2.75) is 11.4 Å². The highest BCUT2D eigenvalue weighted by Gasteiger charge is 2.31. The van der Waals surface area contributed by atoms with Crippen molar-refractivity contribution in [2.75, 3.05) is 26.2 Å². The van der Waals surface area contributed by atoms with Gasteiger partial charge in [-0.1, -0.05) is 12.1 Å². The molecule has 1 fully saturated rings. The SMILES string of the molecule is O=[N+]([O-])c1ccc(S(=O)(=O)N2CC[NH+](Cc3cccc(F)c3F)CC2)cc1. The second-order valence-electron chi connectivity index (χ2n) is 6.29. The van der Waals surface area contributed by atoms with Crippen molar-refractivity contribution in [3.63, 3.8) is 0 Å². The lowest BCUT2D eigenvalue weighted by Crippen LogP contribution is -3.13. The van der Waals surface area contributed by atoms with Crippen molar-refractivity contribution in [1.82, 2.24) is 4.31 Å². The van der Waals surface area contributed by atoms with Crippen LogP contribution in [0.1, 0.15) is 5.56 Å². The molecule has 0 saturated carbocycles. The lowest BCUT2D eigenvalue weighted by atomic mass is 10.2. The van der Waals surface area contributed by atoms with Gasteiger partial charge in [-0.2, -0.15) is 4.31 Å². The number of halogens is 2. The van der Waals surface area contributed by atoms with E-state index in [9.17, 15) is 27.3 Å². The highest BCUT2D eigenvalue weighted by Crippen LogP contribution is 2.19. The summed E-state index contributed by atoms with van der Waals surface area (Å²) in [5.74, 6) is -1.77. The van der Waals surface area contributed by atoms with Crippen LogP contribution in [-0.2, 0) is 16.6 Å². The Morgan fingerprint density at radius 1 is 1.07 bits per heavy atom. The van der Waals surface area contributed by atoms with Gasteiger partial charge in [0, 0.05) is 17.7 Å². The van der Waals surface area contributed by atoms with E-state index in [0.29, 0.717) is 13.1 Å². The van der Waals surface area contributed by atoms with Gasteiger partial charge in [-0.25, -0.2) is 17.2 Å². The quantitative estimate of drug-likeness (QED) is 0.601. The van der Waals surface area contributed by atoms with Gasteiger partial charge in [0.05, 0.1) is 36.0 Å². The maximum absolute atomic E-state index is 13.8. The van der Waals surface area contributed by atoms with Crippen LogP contribution in [0.2, 0.25) is 0 Å². The van der Waals surface area contributed by atoms with Crippen LogP contribution in [0.15, 0.2) is 47.4 Å². The monoisotopic (exact) mass is 398 g/mol. The summed E-state index contributed by atoms with van der Waals surface area (Å²) in [6.45, 7) is 1.62. The Labute approximate surface area is 155 Å². The maximum atomic E-state index is 13.8. The lowest BCUT2D eigenvalue weighted by molar-refractivity contribution is -0.917. The number of benzene rings is 2. The zero-order valence-corrected chi connectivity index (χ0v) is 15.1. The Balaban J connectivity index is 1.65. The van der Waals surface area contributed by atoms with Crippen LogP contribution in [0.3, 0.4) is 0 Å². The highest BCUT2D eigenvalue weighted by molar-refractivity contribution is 7.89. The number of nitro benzene ring substituents is 1. The zero-order chi connectivity index (χ0) is 19.6. The topological polar surface area (TPSA) is 85.0 Å². The van der Waals surface area contributed by atoms with Gasteiger partial charge < -0.3 is 4.90 Å². The highest BCUT2D eigenvalue weighted by atomic mass is 32.2. The lowest BCUT2D eigenvalue weighted by Gasteiger charge is -2.31. The number of quaternary nitrogens is 1. The number of sulfonamides is 1. The summed E-state index contributed by atoms with van der Waals surface area (Å²) in [6, 6.07) is 8.77. The molecule has 10 heteroatoms. The van der Waals surface area contributed by atoms with Crippen molar-refractivity contribution >= 4 is 15.7 Å². The van der Waals surface area contributed by atoms with E-state index in [1.54, 1.807) is 0 Å². The summed E-state index contributed by atoms with van der Waals surface area (Å²) in [5, 5.41) is 10.7. The molecule has 1 aliphatic rings. The Morgan fingerprint density at radius 2 is 1.70 bits per heavy atom. The first kappa shape index (κ1) is 19.3. The molecule has 2 aromatic rings. The predicted octanol–water partition coefficient (Wildman–Crippen LogP) is 0.962. The molecule has 1 saturated heterocycles. The molecule has 1 aliphatic heterocycles. The number of non-ortho nitro benzene ring substituents is 1. The number of hydrogen-bond donors (Lipinski definition) is 1. The van der Waals surface area contributed by atoms with Crippen molar-refractivity contribution < 1.29 is 27.0 Å². The molecule has 0 aliphatic carbocycles. The first-order valence-electron chi connectivity index (χ1n) is 8.30. The summed E-state index contributed by atoms with van der Waals surface area (Å²) in [4.78, 5) is 11.0. The minimum Gasteiger partial charge on any atom is -0.329 e. The van der Waals surface area contributed by atoms with Crippen molar-refractivity contribution in [3.8, 4) is 0 Å². The average Bonchev–Trinajstić information content (AvgIpc) is 2.66. The fourth-order valence-corrected chi connectivity index (χ4v) is 4.50. The van der Waals surface area contributed by atoms with Gasteiger partial charge >= 0.3 is 0 Å². The zero-order valence-electron chi connectivity index (χ0n) is 14.3. The van der Waals surface area contributed by atoms with Crippen LogP contribution in [0, 0.1) is 21.7 Å². The molecule has 0 spiro atoms. The fourth-order valence-electron chi connectivity index (χ4n) is 3.06. The van der Waals surface area contributed by atoms with Crippen LogP contribution in [0.5, 0.6) is 0 Å². The first-order valence-corrected chi connectivity index (χ1v) is 9.74. The van der Waals surface area contributed by atoms with E-state index in [0.717, 1.165) is 23.1 Å². The Morgan fingerprint density at radius 3 is 2.30 bits per heavy atom. The van der Waals surface area contributed by atoms with E-state index in [2.05, 4.69) is 0 Å². The van der Waals surface area contributed by atoms with Gasteiger partial charge in [0.15, 0.2) is 11.6 Å². The molecule has 2 aromatic carbocycles. The molecule has 0 bridgehead atoms. The number of nitro groups is 1. The van der Waals surface area contributed by atoms with Gasteiger partial charge in [-0.05, 0) is 18.2 Å². The molecular formula is C17H18F2N3O4S+. The fraction of sp³-hybridized carbons (Fsp3) is 0.294. The van der Waals surface area contributed by atoms with Gasteiger partial charge in [-0.15, -0.1) is 0 Å². The Hall–Kier alpha value is -2.43. The number of nitrogens with one attached hydrogen (secondary N) is 1. The summed E-state index contributed by atoms with van der Waals surface area (Å²) >= 11 is 0. The molecule has 27 heavy (non-hydrogen) atoms. The van der Waals surface area contributed by atoms with E-state index >= 15 is 0 Å². The molecule has 0 unspecified atom stereocenters. The Bertz CT molecular complexity index is 943. The molecule has 3 rings (SSSR count). The van der Waals surface area contributed by atoms with Crippen LogP contribution in [0.25, 0.3) is 0 Å². The molecule has 0 atom stereocenters. The van der Waals surface area contributed by atoms with Crippen LogP contribution in [0.4, 0.5) is 14.5 Å². The Kier molecular flexibility index (Phi) is 5.49. The van der Waals surface area contributed by atoms with Gasteiger partial charge in [0.1, 0.15) is 6.54 Å². The summed E-state index contributed by atoms with van der Waals surface area (Å²) in [7, 11) is -3.75. The van der Waals surface area contributed by atoms with Crippen molar-refractivity contribution in [3.05, 3.63) is 69.8 Å². The van der Waals surface area contributed by atoms with Gasteiger partial charge in [-0.3, -0.25) is 10.1 Å². The largest absolute Gasteiger partial charge is 0.329 e. The van der Waals surface area contributed by atoms with E-state index < -0.39 is 26.6 Å². The predicted molar refractivity (Wildman–Crippen MR) is 92.6 cm³/mol. The molecular weight excluding hydrogens is 380 g/mol. The van der Waals surface area contributed by atoms with Crippen LogP contribution < -0.4 is 4.90 Å². The van der Waals surface area contributed by atoms with E-state index in [4.69, 9.17) is 0 Å². The third-order valence-electron chi connectivity index (χ3n) is 4.59. The smallest absolute Gasteiger partial charge is 0.269 e. The number of hydrogen-bond acceptors (Lipinski definition) is 4. The van der Waals surface area contributed by atoms with E-state index in [1.165, 1.54) is 28.6 Å². The minimum absolute atomic E-state index is 0.00674. The minimum atomic E-state index is -3.75. The third-order valence-corrected chi connectivity index (χ3v) is 6.50. The second-order valence-corrected chi connectivity index (χ2v) is 8.23.